The Kier molecular flexibility index (Phi) is 6.54. The number of ketones is 2. The summed E-state index contributed by atoms with van der Waals surface area (Å²) >= 11 is 0. The second kappa shape index (κ2) is 8.84. The summed E-state index contributed by atoms with van der Waals surface area (Å²) in [5.74, 6) is -2.10. The molecule has 0 N–H and O–H groups in total. The van der Waals surface area contributed by atoms with Crippen LogP contribution in [0, 0.1) is 0 Å². The molecule has 7 heteroatoms. The van der Waals surface area contributed by atoms with Crippen molar-refractivity contribution in [2.24, 2.45) is 0 Å². The Hall–Kier alpha value is -3.09. The summed E-state index contributed by atoms with van der Waals surface area (Å²) < 4.78 is 20.3. The van der Waals surface area contributed by atoms with Crippen molar-refractivity contribution >= 4 is 17.5 Å². The number of rotatable bonds is 9. The van der Waals surface area contributed by atoms with Gasteiger partial charge in [0.2, 0.25) is 11.6 Å². The molecular weight excluding hydrogens is 340 g/mol. The molecule has 0 aliphatic heterocycles. The highest BCUT2D eigenvalue weighted by atomic mass is 16.5. The number of Topliss-reactive ketones (excluding diaryl/α,β-unsaturated/α-hetero) is 2. The number of esters is 1. The fourth-order valence-electron chi connectivity index (χ4n) is 2.50. The standard InChI is InChI=1S/C19H20O7/c1-4-25-19(22)14(20)11-13(18(21)16-6-5-9-26-16)12-7-8-15(23-2)17(10-12)24-3/h5-10,13H,4,11H2,1-3H3/t13-/m1/s1. The van der Waals surface area contributed by atoms with Crippen LogP contribution in [0.25, 0.3) is 0 Å². The van der Waals surface area contributed by atoms with Gasteiger partial charge < -0.3 is 18.6 Å². The van der Waals surface area contributed by atoms with Crippen molar-refractivity contribution in [3.8, 4) is 11.5 Å². The lowest BCUT2D eigenvalue weighted by molar-refractivity contribution is -0.153. The SMILES string of the molecule is CCOC(=O)C(=O)C[C@@H](C(=O)c1ccco1)c1ccc(OC)c(OC)c1. The first-order chi connectivity index (χ1) is 12.5. The van der Waals surface area contributed by atoms with Gasteiger partial charge in [-0.2, -0.15) is 0 Å². The Morgan fingerprint density at radius 2 is 1.81 bits per heavy atom. The molecule has 2 rings (SSSR count). The second-order valence-electron chi connectivity index (χ2n) is 5.36. The fourth-order valence-corrected chi connectivity index (χ4v) is 2.50. The van der Waals surface area contributed by atoms with E-state index in [1.54, 1.807) is 31.2 Å². The molecule has 7 nitrogen and oxygen atoms in total. The molecule has 0 amide bonds. The third-order valence-electron chi connectivity index (χ3n) is 3.78. The van der Waals surface area contributed by atoms with Crippen LogP contribution in [0.1, 0.15) is 35.4 Å². The van der Waals surface area contributed by atoms with Crippen molar-refractivity contribution < 1.29 is 33.0 Å². The summed E-state index contributed by atoms with van der Waals surface area (Å²) in [6.07, 6.45) is 1.03. The molecule has 2 aromatic rings. The van der Waals surface area contributed by atoms with E-state index in [-0.39, 0.29) is 18.8 Å². The molecule has 1 aromatic carbocycles. The van der Waals surface area contributed by atoms with Crippen LogP contribution in [0.15, 0.2) is 41.0 Å². The third kappa shape index (κ3) is 4.30. The highest BCUT2D eigenvalue weighted by Gasteiger charge is 2.30. The number of benzene rings is 1. The highest BCUT2D eigenvalue weighted by Crippen LogP contribution is 2.33. The molecule has 26 heavy (non-hydrogen) atoms. The lowest BCUT2D eigenvalue weighted by atomic mass is 9.88. The van der Waals surface area contributed by atoms with Crippen molar-refractivity contribution in [2.75, 3.05) is 20.8 Å². The van der Waals surface area contributed by atoms with Crippen LogP contribution in [0.3, 0.4) is 0 Å². The molecule has 0 fully saturated rings. The van der Waals surface area contributed by atoms with E-state index < -0.39 is 23.5 Å². The molecule has 1 aromatic heterocycles. The second-order valence-corrected chi connectivity index (χ2v) is 5.36. The van der Waals surface area contributed by atoms with E-state index in [0.717, 1.165) is 0 Å². The van der Waals surface area contributed by atoms with Crippen molar-refractivity contribution in [3.05, 3.63) is 47.9 Å². The number of furan rings is 1. The molecule has 0 bridgehead atoms. The zero-order valence-electron chi connectivity index (χ0n) is 14.8. The van der Waals surface area contributed by atoms with Gasteiger partial charge in [0.1, 0.15) is 0 Å². The van der Waals surface area contributed by atoms with Gasteiger partial charge >= 0.3 is 5.97 Å². The largest absolute Gasteiger partial charge is 0.493 e. The highest BCUT2D eigenvalue weighted by molar-refractivity contribution is 6.34. The normalized spacial score (nSPS) is 11.5. The molecule has 138 valence electrons. The minimum atomic E-state index is -0.967. The van der Waals surface area contributed by atoms with Gasteiger partial charge in [-0.15, -0.1) is 0 Å². The fraction of sp³-hybridized carbons (Fsp3) is 0.316. The van der Waals surface area contributed by atoms with Gasteiger partial charge in [0.25, 0.3) is 0 Å². The number of carbonyl (C=O) groups is 3. The molecule has 0 aliphatic rings. The molecule has 0 aliphatic carbocycles. The number of hydrogen-bond donors (Lipinski definition) is 0. The summed E-state index contributed by atoms with van der Waals surface area (Å²) in [6.45, 7) is 1.68. The summed E-state index contributed by atoms with van der Waals surface area (Å²) in [4.78, 5) is 36.7. The van der Waals surface area contributed by atoms with Crippen molar-refractivity contribution in [1.82, 2.24) is 0 Å². The number of carbonyl (C=O) groups excluding carboxylic acids is 3. The zero-order valence-corrected chi connectivity index (χ0v) is 14.8. The molecule has 1 atom stereocenters. The molecule has 1 heterocycles. The smallest absolute Gasteiger partial charge is 0.374 e. The van der Waals surface area contributed by atoms with Gasteiger partial charge in [0, 0.05) is 6.42 Å². The Morgan fingerprint density at radius 1 is 1.08 bits per heavy atom. The van der Waals surface area contributed by atoms with E-state index >= 15 is 0 Å². The van der Waals surface area contributed by atoms with Crippen molar-refractivity contribution in [3.63, 3.8) is 0 Å². The van der Waals surface area contributed by atoms with Crippen LogP contribution in [-0.2, 0) is 14.3 Å². The monoisotopic (exact) mass is 360 g/mol. The predicted octanol–water partition coefficient (Wildman–Crippen LogP) is 2.79. The maximum Gasteiger partial charge on any atom is 0.374 e. The molecule has 0 radical (unpaired) electrons. The van der Waals surface area contributed by atoms with Crippen LogP contribution >= 0.6 is 0 Å². The van der Waals surface area contributed by atoms with Gasteiger partial charge in [0.15, 0.2) is 17.3 Å². The van der Waals surface area contributed by atoms with Gasteiger partial charge in [0.05, 0.1) is 33.0 Å². The van der Waals surface area contributed by atoms with E-state index in [2.05, 4.69) is 0 Å². The number of methoxy groups -OCH3 is 2. The molecule has 0 saturated heterocycles. The Balaban J connectivity index is 2.38. The Bertz CT molecular complexity index is 777. The number of ether oxygens (including phenoxy) is 3. The van der Waals surface area contributed by atoms with E-state index in [1.165, 1.54) is 26.5 Å². The summed E-state index contributed by atoms with van der Waals surface area (Å²) in [5, 5.41) is 0. The first-order valence-corrected chi connectivity index (χ1v) is 8.01. The summed E-state index contributed by atoms with van der Waals surface area (Å²) in [5.41, 5.74) is 0.502. The maximum absolute atomic E-state index is 12.8. The van der Waals surface area contributed by atoms with Gasteiger partial charge in [-0.05, 0) is 36.8 Å². The lowest BCUT2D eigenvalue weighted by Gasteiger charge is -2.16. The minimum absolute atomic E-state index is 0.0811. The first kappa shape index (κ1) is 19.2. The quantitative estimate of drug-likeness (QED) is 0.386. The predicted molar refractivity (Wildman–Crippen MR) is 91.6 cm³/mol. The molecule has 0 spiro atoms. The van der Waals surface area contributed by atoms with E-state index in [0.29, 0.717) is 17.1 Å². The van der Waals surface area contributed by atoms with Crippen LogP contribution in [0.5, 0.6) is 11.5 Å². The van der Waals surface area contributed by atoms with E-state index in [1.807, 2.05) is 0 Å². The minimum Gasteiger partial charge on any atom is -0.493 e. The summed E-state index contributed by atoms with van der Waals surface area (Å²) in [6, 6.07) is 7.95. The average Bonchev–Trinajstić information content (AvgIpc) is 3.19. The van der Waals surface area contributed by atoms with Gasteiger partial charge in [-0.3, -0.25) is 9.59 Å². The third-order valence-corrected chi connectivity index (χ3v) is 3.78. The van der Waals surface area contributed by atoms with Crippen molar-refractivity contribution in [2.45, 2.75) is 19.3 Å². The van der Waals surface area contributed by atoms with E-state index in [9.17, 15) is 14.4 Å². The zero-order chi connectivity index (χ0) is 19.1. The molecule has 0 saturated carbocycles. The van der Waals surface area contributed by atoms with Gasteiger partial charge in [-0.1, -0.05) is 6.07 Å². The first-order valence-electron chi connectivity index (χ1n) is 8.01. The Labute approximate surface area is 150 Å². The van der Waals surface area contributed by atoms with Crippen LogP contribution in [0.4, 0.5) is 0 Å². The summed E-state index contributed by atoms with van der Waals surface area (Å²) in [7, 11) is 2.96. The van der Waals surface area contributed by atoms with E-state index in [4.69, 9.17) is 18.6 Å². The molecular formula is C19H20O7. The Morgan fingerprint density at radius 3 is 2.38 bits per heavy atom. The van der Waals surface area contributed by atoms with Crippen LogP contribution in [0.2, 0.25) is 0 Å². The van der Waals surface area contributed by atoms with Crippen LogP contribution in [-0.4, -0.2) is 38.4 Å². The van der Waals surface area contributed by atoms with Gasteiger partial charge in [-0.25, -0.2) is 4.79 Å². The molecule has 0 unspecified atom stereocenters. The van der Waals surface area contributed by atoms with Crippen LogP contribution < -0.4 is 9.47 Å². The topological polar surface area (TPSA) is 92.0 Å². The number of hydrogen-bond acceptors (Lipinski definition) is 7. The average molecular weight is 360 g/mol. The maximum atomic E-state index is 12.8. The lowest BCUT2D eigenvalue weighted by Crippen LogP contribution is -2.23. The van der Waals surface area contributed by atoms with Crippen molar-refractivity contribution in [1.29, 1.82) is 0 Å².